The molecule has 4 bridgehead atoms. The van der Waals surface area contributed by atoms with Crippen LogP contribution in [0.4, 0.5) is 17.3 Å². The van der Waals surface area contributed by atoms with Crippen LogP contribution in [0.15, 0.2) is 24.4 Å². The third-order valence-corrected chi connectivity index (χ3v) is 4.92. The second kappa shape index (κ2) is 6.95. The van der Waals surface area contributed by atoms with Gasteiger partial charge in [0.2, 0.25) is 0 Å². The molecule has 11 nitrogen and oxygen atoms in total. The van der Waals surface area contributed by atoms with Crippen LogP contribution >= 0.6 is 0 Å². The maximum absolute atomic E-state index is 12.7. The molecule has 0 saturated carbocycles. The average molecular weight is 408 g/mol. The van der Waals surface area contributed by atoms with Crippen LogP contribution in [-0.4, -0.2) is 55.3 Å². The SMILES string of the molecule is CNc1cc2nc3c(cnn13)C(=O)O[C@H](C)COCc1cc(c3nnn(C)c3c1)N2. The van der Waals surface area contributed by atoms with Crippen LogP contribution in [0.3, 0.4) is 0 Å². The van der Waals surface area contributed by atoms with Gasteiger partial charge < -0.3 is 20.1 Å². The summed E-state index contributed by atoms with van der Waals surface area (Å²) in [7, 11) is 3.61. The number of hydrogen-bond donors (Lipinski definition) is 2. The van der Waals surface area contributed by atoms with Crippen LogP contribution in [0.1, 0.15) is 22.8 Å². The summed E-state index contributed by atoms with van der Waals surface area (Å²) in [6.45, 7) is 2.40. The number of fused-ring (bicyclic) bond motifs is 5. The van der Waals surface area contributed by atoms with E-state index in [0.29, 0.717) is 29.4 Å². The van der Waals surface area contributed by atoms with E-state index in [0.717, 1.165) is 16.8 Å². The van der Waals surface area contributed by atoms with Gasteiger partial charge in [-0.05, 0) is 24.6 Å². The fourth-order valence-electron chi connectivity index (χ4n) is 3.48. The number of rotatable bonds is 1. The lowest BCUT2D eigenvalue weighted by molar-refractivity contribution is -0.00150. The molecule has 0 unspecified atom stereocenters. The molecule has 3 aromatic heterocycles. The first-order chi connectivity index (χ1) is 14.5. The molecule has 1 aliphatic rings. The summed E-state index contributed by atoms with van der Waals surface area (Å²) in [6.07, 6.45) is 1.03. The first kappa shape index (κ1) is 18.3. The molecule has 0 spiro atoms. The minimum atomic E-state index is -0.500. The number of hydrogen-bond acceptors (Lipinski definition) is 9. The Morgan fingerprint density at radius 1 is 1.30 bits per heavy atom. The van der Waals surface area contributed by atoms with Crippen LogP contribution < -0.4 is 10.6 Å². The number of carbonyl (C=O) groups is 1. The molecule has 1 aromatic carbocycles. The van der Waals surface area contributed by atoms with Gasteiger partial charge in [0.25, 0.3) is 0 Å². The molecule has 4 aromatic rings. The molecule has 5 rings (SSSR count). The fraction of sp³-hybridized carbons (Fsp3) is 0.316. The minimum absolute atomic E-state index is 0.260. The number of aryl methyl sites for hydroxylation is 1. The maximum atomic E-state index is 12.7. The van der Waals surface area contributed by atoms with E-state index in [9.17, 15) is 4.79 Å². The summed E-state index contributed by atoms with van der Waals surface area (Å²) in [6, 6.07) is 5.74. The predicted octanol–water partition coefficient (Wildman–Crippen LogP) is 1.87. The van der Waals surface area contributed by atoms with Gasteiger partial charge in [-0.2, -0.15) is 9.61 Å². The predicted molar refractivity (Wildman–Crippen MR) is 109 cm³/mol. The van der Waals surface area contributed by atoms with Crippen molar-refractivity contribution in [2.45, 2.75) is 19.6 Å². The zero-order chi connectivity index (χ0) is 20.8. The van der Waals surface area contributed by atoms with Crippen molar-refractivity contribution in [3.63, 3.8) is 0 Å². The van der Waals surface area contributed by atoms with Crippen molar-refractivity contribution in [3.05, 3.63) is 35.5 Å². The third-order valence-electron chi connectivity index (χ3n) is 4.92. The van der Waals surface area contributed by atoms with Gasteiger partial charge in [0.15, 0.2) is 5.65 Å². The standard InChI is InChI=1S/C19H20N8O3/c1-10-8-29-9-11-4-13(17-14(5-11)26(3)25-24-17)22-15-6-16(20-2)27-18(23-15)12(7-21-27)19(28)30-10/h4-7,10,20H,8-9H2,1-3H3,(H,22,23)/t10-/m1/s1. The van der Waals surface area contributed by atoms with Crippen molar-refractivity contribution in [3.8, 4) is 0 Å². The largest absolute Gasteiger partial charge is 0.456 e. The van der Waals surface area contributed by atoms with Crippen molar-refractivity contribution in [2.24, 2.45) is 7.05 Å². The summed E-state index contributed by atoms with van der Waals surface area (Å²) in [5.74, 6) is 0.688. The lowest BCUT2D eigenvalue weighted by Crippen LogP contribution is -2.20. The van der Waals surface area contributed by atoms with Crippen LogP contribution in [0.5, 0.6) is 0 Å². The van der Waals surface area contributed by atoms with E-state index in [1.807, 2.05) is 19.2 Å². The highest BCUT2D eigenvalue weighted by Gasteiger charge is 2.21. The number of cyclic esters (lactones) is 1. The van der Waals surface area contributed by atoms with E-state index < -0.39 is 12.1 Å². The van der Waals surface area contributed by atoms with E-state index in [-0.39, 0.29) is 12.2 Å². The number of aromatic nitrogens is 6. The zero-order valence-corrected chi connectivity index (χ0v) is 16.7. The molecule has 0 amide bonds. The van der Waals surface area contributed by atoms with Gasteiger partial charge >= 0.3 is 5.97 Å². The Kier molecular flexibility index (Phi) is 4.24. The Balaban J connectivity index is 1.72. The molecule has 2 N–H and O–H groups in total. The molecule has 154 valence electrons. The normalized spacial score (nSPS) is 17.0. The Morgan fingerprint density at radius 3 is 3.00 bits per heavy atom. The lowest BCUT2D eigenvalue weighted by atomic mass is 10.1. The van der Waals surface area contributed by atoms with E-state index in [1.54, 1.807) is 29.2 Å². The molecule has 1 atom stereocenters. The number of benzene rings is 1. The van der Waals surface area contributed by atoms with Gasteiger partial charge in [0, 0.05) is 20.2 Å². The van der Waals surface area contributed by atoms with E-state index in [4.69, 9.17) is 9.47 Å². The Labute approximate surface area is 171 Å². The van der Waals surface area contributed by atoms with Crippen molar-refractivity contribution in [2.75, 3.05) is 24.3 Å². The lowest BCUT2D eigenvalue weighted by Gasteiger charge is -2.16. The van der Waals surface area contributed by atoms with Crippen molar-refractivity contribution < 1.29 is 14.3 Å². The number of esters is 1. The molecule has 30 heavy (non-hydrogen) atoms. The first-order valence-corrected chi connectivity index (χ1v) is 9.48. The van der Waals surface area contributed by atoms with Gasteiger partial charge in [-0.1, -0.05) is 5.21 Å². The van der Waals surface area contributed by atoms with E-state index in [2.05, 4.69) is 31.0 Å². The summed E-state index contributed by atoms with van der Waals surface area (Å²) >= 11 is 0. The molecule has 1 aliphatic heterocycles. The topological polar surface area (TPSA) is 120 Å². The molecule has 0 saturated heterocycles. The van der Waals surface area contributed by atoms with Crippen LogP contribution in [0, 0.1) is 0 Å². The van der Waals surface area contributed by atoms with Crippen molar-refractivity contribution >= 4 is 40.0 Å². The Hall–Kier alpha value is -3.73. The van der Waals surface area contributed by atoms with Gasteiger partial charge in [0.1, 0.15) is 28.8 Å². The molecule has 0 aliphatic carbocycles. The quantitative estimate of drug-likeness (QED) is 0.455. The Morgan fingerprint density at radius 2 is 2.17 bits per heavy atom. The highest BCUT2D eigenvalue weighted by Crippen LogP contribution is 2.28. The second-order valence-corrected chi connectivity index (χ2v) is 7.15. The molecule has 0 fully saturated rings. The third kappa shape index (κ3) is 2.99. The van der Waals surface area contributed by atoms with Gasteiger partial charge in [-0.3, -0.25) is 0 Å². The molecule has 11 heteroatoms. The second-order valence-electron chi connectivity index (χ2n) is 7.15. The molecule has 0 radical (unpaired) electrons. The number of anilines is 3. The highest BCUT2D eigenvalue weighted by molar-refractivity contribution is 5.96. The van der Waals surface area contributed by atoms with Crippen LogP contribution in [0.25, 0.3) is 16.7 Å². The first-order valence-electron chi connectivity index (χ1n) is 9.48. The number of nitrogens with zero attached hydrogens (tertiary/aromatic N) is 6. The van der Waals surface area contributed by atoms with Gasteiger partial charge in [-0.15, -0.1) is 5.10 Å². The maximum Gasteiger partial charge on any atom is 0.344 e. The molecular weight excluding hydrogens is 388 g/mol. The number of nitrogens with one attached hydrogen (secondary N) is 2. The fourth-order valence-corrected chi connectivity index (χ4v) is 3.48. The van der Waals surface area contributed by atoms with Crippen molar-refractivity contribution in [1.82, 2.24) is 29.6 Å². The summed E-state index contributed by atoms with van der Waals surface area (Å²) in [4.78, 5) is 17.3. The smallest absolute Gasteiger partial charge is 0.344 e. The Bertz CT molecular complexity index is 1280. The van der Waals surface area contributed by atoms with Crippen LogP contribution in [0.2, 0.25) is 0 Å². The molecule has 4 heterocycles. The average Bonchev–Trinajstić information content (AvgIpc) is 3.31. The van der Waals surface area contributed by atoms with E-state index >= 15 is 0 Å². The molecular formula is C19H20N8O3. The minimum Gasteiger partial charge on any atom is -0.456 e. The monoisotopic (exact) mass is 408 g/mol. The summed E-state index contributed by atoms with van der Waals surface area (Å²) in [5.41, 5.74) is 3.91. The van der Waals surface area contributed by atoms with Crippen LogP contribution in [-0.2, 0) is 23.1 Å². The van der Waals surface area contributed by atoms with Gasteiger partial charge in [-0.25, -0.2) is 14.5 Å². The van der Waals surface area contributed by atoms with Crippen molar-refractivity contribution in [1.29, 1.82) is 0 Å². The summed E-state index contributed by atoms with van der Waals surface area (Å²) < 4.78 is 14.6. The number of ether oxygens (including phenoxy) is 2. The van der Waals surface area contributed by atoms with E-state index in [1.165, 1.54) is 6.20 Å². The summed E-state index contributed by atoms with van der Waals surface area (Å²) in [5, 5.41) is 19.1. The zero-order valence-electron chi connectivity index (χ0n) is 16.7. The van der Waals surface area contributed by atoms with Gasteiger partial charge in [0.05, 0.1) is 30.6 Å². The number of carbonyl (C=O) groups excluding carboxylic acids is 1. The highest BCUT2D eigenvalue weighted by atomic mass is 16.6.